The van der Waals surface area contributed by atoms with Gasteiger partial charge in [-0.05, 0) is 42.0 Å². The number of rotatable bonds is 9. The van der Waals surface area contributed by atoms with Crippen LogP contribution in [0.25, 0.3) is 11.3 Å². The number of carbonyl (C=O) groups is 1. The third-order valence-electron chi connectivity index (χ3n) is 5.22. The fraction of sp³-hybridized carbons (Fsp3) is 0.296. The Labute approximate surface area is 190 Å². The normalized spacial score (nSPS) is 12.7. The fourth-order valence-corrected chi connectivity index (χ4v) is 3.64. The van der Waals surface area contributed by atoms with E-state index in [1.807, 2.05) is 79.7 Å². The predicted molar refractivity (Wildman–Crippen MR) is 126 cm³/mol. The highest BCUT2D eigenvalue weighted by Crippen LogP contribution is 2.31. The zero-order chi connectivity index (χ0) is 22.9. The van der Waals surface area contributed by atoms with E-state index in [-0.39, 0.29) is 18.4 Å². The highest BCUT2D eigenvalue weighted by atomic mass is 16.5. The highest BCUT2D eigenvalue weighted by Gasteiger charge is 2.26. The highest BCUT2D eigenvalue weighted by molar-refractivity contribution is 5.81. The van der Waals surface area contributed by atoms with Crippen molar-refractivity contribution >= 4 is 5.91 Å². The van der Waals surface area contributed by atoms with Crippen molar-refractivity contribution in [2.75, 3.05) is 6.54 Å². The lowest BCUT2D eigenvalue weighted by Gasteiger charge is -2.26. The lowest BCUT2D eigenvalue weighted by molar-refractivity contribution is -0.136. The summed E-state index contributed by atoms with van der Waals surface area (Å²) >= 11 is 0. The van der Waals surface area contributed by atoms with Gasteiger partial charge in [0.15, 0.2) is 0 Å². The van der Waals surface area contributed by atoms with Crippen LogP contribution in [0.15, 0.2) is 72.9 Å². The Kier molecular flexibility index (Phi) is 8.13. The van der Waals surface area contributed by atoms with E-state index in [2.05, 4.69) is 24.1 Å². The van der Waals surface area contributed by atoms with Gasteiger partial charge in [0, 0.05) is 11.8 Å². The van der Waals surface area contributed by atoms with Gasteiger partial charge < -0.3 is 10.1 Å². The van der Waals surface area contributed by atoms with Crippen molar-refractivity contribution in [1.29, 1.82) is 5.26 Å². The Morgan fingerprint density at radius 1 is 1.03 bits per heavy atom. The van der Waals surface area contributed by atoms with Crippen LogP contribution < -0.4 is 5.32 Å². The number of carbonyl (C=O) groups excluding carboxylic acids is 1. The van der Waals surface area contributed by atoms with Crippen LogP contribution in [0.1, 0.15) is 43.1 Å². The number of benzene rings is 2. The van der Waals surface area contributed by atoms with Gasteiger partial charge in [-0.25, -0.2) is 0 Å². The number of hydrogen-bond acceptors (Lipinski definition) is 4. The van der Waals surface area contributed by atoms with Crippen LogP contribution in [0.2, 0.25) is 0 Å². The number of pyridine rings is 1. The zero-order valence-electron chi connectivity index (χ0n) is 18.8. The first-order valence-corrected chi connectivity index (χ1v) is 10.9. The van der Waals surface area contributed by atoms with Gasteiger partial charge in [0.1, 0.15) is 18.8 Å². The van der Waals surface area contributed by atoms with Gasteiger partial charge in [-0.15, -0.1) is 0 Å². The van der Waals surface area contributed by atoms with E-state index in [1.54, 1.807) is 6.20 Å². The zero-order valence-corrected chi connectivity index (χ0v) is 18.8. The topological polar surface area (TPSA) is 75.0 Å². The average Bonchev–Trinajstić information content (AvgIpc) is 2.81. The smallest absolute Gasteiger partial charge is 0.250 e. The van der Waals surface area contributed by atoms with Crippen molar-refractivity contribution in [3.8, 4) is 17.3 Å². The molecule has 164 valence electrons. The lowest BCUT2D eigenvalue weighted by Crippen LogP contribution is -2.38. The first-order chi connectivity index (χ1) is 15.5. The number of aryl methyl sites for hydroxylation is 1. The van der Waals surface area contributed by atoms with E-state index >= 15 is 0 Å². The molecule has 0 aliphatic carbocycles. The van der Waals surface area contributed by atoms with E-state index in [1.165, 1.54) is 0 Å². The van der Waals surface area contributed by atoms with Gasteiger partial charge in [0.25, 0.3) is 0 Å². The maximum absolute atomic E-state index is 12.7. The maximum atomic E-state index is 12.7. The molecule has 0 bridgehead atoms. The SMILES string of the molecule is Cc1cccnc1-c1ccc(C(O[C@@H](CC(C)C)C(=O)NCC#N)c2ccccc2)cc1. The summed E-state index contributed by atoms with van der Waals surface area (Å²) in [6.45, 7) is 6.11. The van der Waals surface area contributed by atoms with Gasteiger partial charge in [-0.2, -0.15) is 5.26 Å². The molecule has 32 heavy (non-hydrogen) atoms. The standard InChI is InChI=1S/C27H29N3O2/c1-19(2)18-24(27(31)30-17-15-28)32-26(22-9-5-4-6-10-22)23-13-11-21(12-14-23)25-20(3)8-7-16-29-25/h4-14,16,19,24,26H,17-18H2,1-3H3,(H,30,31)/t24-,26?/m0/s1. The number of aromatic nitrogens is 1. The minimum Gasteiger partial charge on any atom is -0.356 e. The molecule has 0 saturated heterocycles. The summed E-state index contributed by atoms with van der Waals surface area (Å²) in [5.74, 6) is 0.000627. The molecular formula is C27H29N3O2. The molecule has 0 saturated carbocycles. The Hall–Kier alpha value is -3.49. The number of nitrogens with zero attached hydrogens (tertiary/aromatic N) is 2. The molecule has 5 nitrogen and oxygen atoms in total. The summed E-state index contributed by atoms with van der Waals surface area (Å²) in [6.07, 6.45) is 1.28. The molecule has 2 aromatic carbocycles. The number of amides is 1. The van der Waals surface area contributed by atoms with Crippen molar-refractivity contribution < 1.29 is 9.53 Å². The number of nitrogens with one attached hydrogen (secondary N) is 1. The monoisotopic (exact) mass is 427 g/mol. The van der Waals surface area contributed by atoms with Crippen LogP contribution in [-0.2, 0) is 9.53 Å². The number of ether oxygens (including phenoxy) is 1. The predicted octanol–water partition coefficient (Wildman–Crippen LogP) is 5.22. The van der Waals surface area contributed by atoms with Crippen molar-refractivity contribution in [2.45, 2.75) is 39.4 Å². The lowest BCUT2D eigenvalue weighted by atomic mass is 9.97. The fourth-order valence-electron chi connectivity index (χ4n) is 3.64. The Bertz CT molecular complexity index is 1060. The molecule has 1 N–H and O–H groups in total. The van der Waals surface area contributed by atoms with E-state index in [0.29, 0.717) is 6.42 Å². The molecule has 1 unspecified atom stereocenters. The van der Waals surface area contributed by atoms with Crippen molar-refractivity contribution in [1.82, 2.24) is 10.3 Å². The van der Waals surface area contributed by atoms with E-state index in [0.717, 1.165) is 27.9 Å². The first-order valence-electron chi connectivity index (χ1n) is 10.9. The second kappa shape index (κ2) is 11.2. The van der Waals surface area contributed by atoms with Crippen LogP contribution in [0.4, 0.5) is 0 Å². The summed E-state index contributed by atoms with van der Waals surface area (Å²) in [6, 6.07) is 23.9. The number of hydrogen-bond donors (Lipinski definition) is 1. The Balaban J connectivity index is 1.93. The van der Waals surface area contributed by atoms with Gasteiger partial charge >= 0.3 is 0 Å². The molecule has 1 aromatic heterocycles. The van der Waals surface area contributed by atoms with Crippen molar-refractivity contribution in [2.24, 2.45) is 5.92 Å². The molecule has 0 fully saturated rings. The van der Waals surface area contributed by atoms with Crippen molar-refractivity contribution in [3.63, 3.8) is 0 Å². The first kappa shape index (κ1) is 23.2. The third kappa shape index (κ3) is 6.03. The molecule has 0 aliphatic heterocycles. The molecule has 3 rings (SSSR count). The second-order valence-corrected chi connectivity index (χ2v) is 8.21. The maximum Gasteiger partial charge on any atom is 0.250 e. The molecule has 1 amide bonds. The number of nitriles is 1. The molecule has 3 aromatic rings. The van der Waals surface area contributed by atoms with Crippen LogP contribution >= 0.6 is 0 Å². The average molecular weight is 428 g/mol. The molecule has 0 spiro atoms. The molecule has 0 radical (unpaired) electrons. The van der Waals surface area contributed by atoms with Crippen LogP contribution in [-0.4, -0.2) is 23.5 Å². The van der Waals surface area contributed by atoms with Gasteiger partial charge in [-0.3, -0.25) is 9.78 Å². The Morgan fingerprint density at radius 3 is 2.34 bits per heavy atom. The summed E-state index contributed by atoms with van der Waals surface area (Å²) in [5.41, 5.74) is 5.02. The molecule has 2 atom stereocenters. The summed E-state index contributed by atoms with van der Waals surface area (Å²) in [5, 5.41) is 11.5. The van der Waals surface area contributed by atoms with E-state index in [4.69, 9.17) is 10.00 Å². The van der Waals surface area contributed by atoms with Crippen LogP contribution in [0.3, 0.4) is 0 Å². The van der Waals surface area contributed by atoms with Gasteiger partial charge in [-0.1, -0.05) is 74.5 Å². The minimum atomic E-state index is -0.661. The third-order valence-corrected chi connectivity index (χ3v) is 5.22. The summed E-state index contributed by atoms with van der Waals surface area (Å²) < 4.78 is 6.42. The molecule has 0 aliphatic rings. The van der Waals surface area contributed by atoms with E-state index in [9.17, 15) is 4.79 Å². The van der Waals surface area contributed by atoms with Gasteiger partial charge in [0.05, 0.1) is 11.8 Å². The van der Waals surface area contributed by atoms with Crippen LogP contribution in [0.5, 0.6) is 0 Å². The minimum absolute atomic E-state index is 0.0368. The summed E-state index contributed by atoms with van der Waals surface area (Å²) in [4.78, 5) is 17.2. The Morgan fingerprint density at radius 2 is 1.72 bits per heavy atom. The quantitative estimate of drug-likeness (QED) is 0.475. The van der Waals surface area contributed by atoms with Crippen molar-refractivity contribution in [3.05, 3.63) is 89.6 Å². The van der Waals surface area contributed by atoms with Gasteiger partial charge in [0.2, 0.25) is 5.91 Å². The largest absolute Gasteiger partial charge is 0.356 e. The second-order valence-electron chi connectivity index (χ2n) is 8.21. The van der Waals surface area contributed by atoms with E-state index < -0.39 is 12.2 Å². The molecular weight excluding hydrogens is 398 g/mol. The summed E-state index contributed by atoms with van der Waals surface area (Å²) in [7, 11) is 0. The molecule has 5 heteroatoms. The molecule has 1 heterocycles. The van der Waals surface area contributed by atoms with Crippen LogP contribution in [0, 0.1) is 24.2 Å².